The highest BCUT2D eigenvalue weighted by atomic mass is 35.5. The van der Waals surface area contributed by atoms with Crippen LogP contribution in [0.4, 0.5) is 0 Å². The highest BCUT2D eigenvalue weighted by Crippen LogP contribution is 2.31. The number of rotatable bonds is 8. The summed E-state index contributed by atoms with van der Waals surface area (Å²) < 4.78 is 38.0. The molecule has 0 bridgehead atoms. The molecule has 1 atom stereocenters. The van der Waals surface area contributed by atoms with Crippen LogP contribution >= 0.6 is 23.2 Å². The topological polar surface area (TPSA) is 84.9 Å². The van der Waals surface area contributed by atoms with Crippen LogP contribution in [0.5, 0.6) is 11.5 Å². The van der Waals surface area contributed by atoms with Crippen LogP contribution in [0.3, 0.4) is 0 Å². The Morgan fingerprint density at radius 3 is 2.59 bits per heavy atom. The maximum absolute atomic E-state index is 13.1. The van der Waals surface area contributed by atoms with E-state index in [1.165, 1.54) is 22.5 Å². The average Bonchev–Trinajstić information content (AvgIpc) is 2.80. The molecule has 0 radical (unpaired) electrons. The minimum absolute atomic E-state index is 0.0406. The van der Waals surface area contributed by atoms with Crippen molar-refractivity contribution in [1.82, 2.24) is 9.62 Å². The normalized spacial score (nSPS) is 17.1. The molecule has 2 aromatic rings. The van der Waals surface area contributed by atoms with E-state index in [2.05, 4.69) is 5.32 Å². The summed E-state index contributed by atoms with van der Waals surface area (Å²) in [6.45, 7) is 0.867. The second-order valence-electron chi connectivity index (χ2n) is 7.51. The first kappa shape index (κ1) is 24.6. The van der Waals surface area contributed by atoms with Gasteiger partial charge in [0.1, 0.15) is 4.90 Å². The predicted molar refractivity (Wildman–Crippen MR) is 124 cm³/mol. The molecule has 0 unspecified atom stereocenters. The number of sulfonamides is 1. The molecule has 0 aliphatic carbocycles. The number of piperidine rings is 1. The highest BCUT2D eigenvalue weighted by molar-refractivity contribution is 7.89. The lowest BCUT2D eigenvalue weighted by molar-refractivity contribution is -0.126. The molecule has 1 aliphatic heterocycles. The number of carbonyl (C=O) groups is 1. The monoisotopic (exact) mass is 500 g/mol. The Labute approximate surface area is 198 Å². The minimum Gasteiger partial charge on any atom is -0.493 e. The minimum atomic E-state index is -3.85. The van der Waals surface area contributed by atoms with Gasteiger partial charge in [-0.15, -0.1) is 0 Å². The van der Waals surface area contributed by atoms with Gasteiger partial charge in [-0.1, -0.05) is 29.3 Å². The predicted octanol–water partition coefficient (Wildman–Crippen LogP) is 3.77. The third-order valence-corrected chi connectivity index (χ3v) is 8.01. The molecule has 0 spiro atoms. The molecular weight excluding hydrogens is 475 g/mol. The van der Waals surface area contributed by atoms with Crippen LogP contribution in [0.25, 0.3) is 0 Å². The van der Waals surface area contributed by atoms with Crippen LogP contribution in [0, 0.1) is 5.92 Å². The Kier molecular flexibility index (Phi) is 8.27. The number of carbonyl (C=O) groups excluding carboxylic acids is 1. The number of hydrogen-bond acceptors (Lipinski definition) is 5. The third-order valence-electron chi connectivity index (χ3n) is 5.43. The van der Waals surface area contributed by atoms with Crippen LogP contribution in [0.1, 0.15) is 18.4 Å². The van der Waals surface area contributed by atoms with E-state index >= 15 is 0 Å². The van der Waals surface area contributed by atoms with Crippen molar-refractivity contribution in [2.75, 3.05) is 33.9 Å². The fraction of sp³-hybridized carbons (Fsp3) is 0.409. The Hall–Kier alpha value is -2.00. The van der Waals surface area contributed by atoms with E-state index in [0.29, 0.717) is 43.9 Å². The Morgan fingerprint density at radius 2 is 1.88 bits per heavy atom. The van der Waals surface area contributed by atoms with Crippen molar-refractivity contribution in [2.45, 2.75) is 24.2 Å². The number of methoxy groups -OCH3 is 2. The smallest absolute Gasteiger partial charge is 0.244 e. The van der Waals surface area contributed by atoms with E-state index < -0.39 is 15.9 Å². The molecule has 1 N–H and O–H groups in total. The quantitative estimate of drug-likeness (QED) is 0.596. The van der Waals surface area contributed by atoms with Crippen LogP contribution < -0.4 is 14.8 Å². The first-order valence-electron chi connectivity index (χ1n) is 10.2. The van der Waals surface area contributed by atoms with Crippen molar-refractivity contribution in [3.05, 3.63) is 52.0 Å². The van der Waals surface area contributed by atoms with Crippen molar-refractivity contribution >= 4 is 39.1 Å². The van der Waals surface area contributed by atoms with E-state index in [1.807, 2.05) is 18.2 Å². The zero-order valence-electron chi connectivity index (χ0n) is 17.9. The molecule has 32 heavy (non-hydrogen) atoms. The third kappa shape index (κ3) is 5.67. The Morgan fingerprint density at radius 1 is 1.12 bits per heavy atom. The molecule has 1 aliphatic rings. The summed E-state index contributed by atoms with van der Waals surface area (Å²) in [5.74, 6) is 0.678. The van der Waals surface area contributed by atoms with Gasteiger partial charge in [-0.2, -0.15) is 4.31 Å². The van der Waals surface area contributed by atoms with Gasteiger partial charge in [0.2, 0.25) is 15.9 Å². The highest BCUT2D eigenvalue weighted by Gasteiger charge is 2.34. The molecule has 2 aromatic carbocycles. The first-order chi connectivity index (χ1) is 15.3. The second kappa shape index (κ2) is 10.7. The molecule has 0 aromatic heterocycles. The molecule has 1 fully saturated rings. The number of nitrogens with zero attached hydrogens (tertiary/aromatic N) is 1. The van der Waals surface area contributed by atoms with Crippen LogP contribution in [0.2, 0.25) is 10.0 Å². The number of benzene rings is 2. The summed E-state index contributed by atoms with van der Waals surface area (Å²) in [5, 5.41) is 3.31. The molecule has 1 amide bonds. The van der Waals surface area contributed by atoms with Crippen molar-refractivity contribution < 1.29 is 22.7 Å². The lowest BCUT2D eigenvalue weighted by Crippen LogP contribution is -2.45. The molecule has 0 saturated carbocycles. The number of ether oxygens (including phenoxy) is 2. The lowest BCUT2D eigenvalue weighted by atomic mass is 9.99. The van der Waals surface area contributed by atoms with Gasteiger partial charge in [0.15, 0.2) is 11.5 Å². The van der Waals surface area contributed by atoms with E-state index in [4.69, 9.17) is 32.7 Å². The first-order valence-corrected chi connectivity index (χ1v) is 12.4. The van der Waals surface area contributed by atoms with Gasteiger partial charge in [-0.25, -0.2) is 8.42 Å². The fourth-order valence-electron chi connectivity index (χ4n) is 3.70. The van der Waals surface area contributed by atoms with Crippen molar-refractivity contribution in [2.24, 2.45) is 5.92 Å². The number of amides is 1. The Balaban J connectivity index is 1.60. The Bertz CT molecular complexity index is 1080. The molecule has 1 heterocycles. The van der Waals surface area contributed by atoms with Gasteiger partial charge in [0.05, 0.1) is 25.2 Å². The number of nitrogens with one attached hydrogen (secondary N) is 1. The van der Waals surface area contributed by atoms with Crippen molar-refractivity contribution in [3.63, 3.8) is 0 Å². The largest absolute Gasteiger partial charge is 0.493 e. The summed E-state index contributed by atoms with van der Waals surface area (Å²) >= 11 is 12.1. The van der Waals surface area contributed by atoms with Gasteiger partial charge in [0.25, 0.3) is 0 Å². The zero-order valence-corrected chi connectivity index (χ0v) is 20.3. The molecule has 174 valence electrons. The maximum atomic E-state index is 13.1. The summed E-state index contributed by atoms with van der Waals surface area (Å²) in [7, 11) is -0.701. The summed E-state index contributed by atoms with van der Waals surface area (Å²) in [6, 6.07) is 9.94. The SMILES string of the molecule is COc1ccc(CCNC(=O)[C@H]2CCCN(S(=O)(=O)c3cc(Cl)ccc3Cl)C2)cc1OC. The van der Waals surface area contributed by atoms with E-state index in [-0.39, 0.29) is 27.4 Å². The summed E-state index contributed by atoms with van der Waals surface area (Å²) in [5.41, 5.74) is 0.992. The van der Waals surface area contributed by atoms with E-state index in [9.17, 15) is 13.2 Å². The summed E-state index contributed by atoms with van der Waals surface area (Å²) in [4.78, 5) is 12.7. The molecule has 10 heteroatoms. The van der Waals surface area contributed by atoms with Gasteiger partial charge in [0, 0.05) is 24.7 Å². The molecule has 1 saturated heterocycles. The van der Waals surface area contributed by atoms with E-state index in [0.717, 1.165) is 5.56 Å². The zero-order chi connectivity index (χ0) is 23.3. The molecule has 7 nitrogen and oxygen atoms in total. The number of halogens is 2. The van der Waals surface area contributed by atoms with Crippen molar-refractivity contribution in [1.29, 1.82) is 0 Å². The van der Waals surface area contributed by atoms with Crippen LogP contribution in [0.15, 0.2) is 41.3 Å². The fourth-order valence-corrected chi connectivity index (χ4v) is 5.96. The van der Waals surface area contributed by atoms with E-state index in [1.54, 1.807) is 14.2 Å². The van der Waals surface area contributed by atoms with Gasteiger partial charge in [-0.3, -0.25) is 4.79 Å². The standard InChI is InChI=1S/C22H26Cl2N2O5S/c1-30-19-8-5-15(12-20(19)31-2)9-10-25-22(27)16-4-3-11-26(14-16)32(28,29)21-13-17(23)6-7-18(21)24/h5-8,12-13,16H,3-4,9-11,14H2,1-2H3,(H,25,27)/t16-/m0/s1. The van der Waals surface area contributed by atoms with Gasteiger partial charge < -0.3 is 14.8 Å². The van der Waals surface area contributed by atoms with Gasteiger partial charge in [-0.05, 0) is 55.2 Å². The molecule has 3 rings (SSSR count). The van der Waals surface area contributed by atoms with Gasteiger partial charge >= 0.3 is 0 Å². The van der Waals surface area contributed by atoms with Crippen molar-refractivity contribution in [3.8, 4) is 11.5 Å². The lowest BCUT2D eigenvalue weighted by Gasteiger charge is -2.31. The van der Waals surface area contributed by atoms with Crippen LogP contribution in [-0.4, -0.2) is 52.5 Å². The summed E-state index contributed by atoms with van der Waals surface area (Å²) in [6.07, 6.45) is 1.82. The second-order valence-corrected chi connectivity index (χ2v) is 10.3. The van der Waals surface area contributed by atoms with Crippen LogP contribution in [-0.2, 0) is 21.2 Å². The number of hydrogen-bond donors (Lipinski definition) is 1. The average molecular weight is 501 g/mol. The molecular formula is C22H26Cl2N2O5S. The maximum Gasteiger partial charge on any atom is 0.244 e.